The maximum Gasteiger partial charge on any atom is 0.253 e. The maximum atomic E-state index is 12.7. The van der Waals surface area contributed by atoms with Crippen molar-refractivity contribution in [2.45, 2.75) is 55.9 Å². The van der Waals surface area contributed by atoms with Crippen molar-refractivity contribution in [1.29, 1.82) is 0 Å². The van der Waals surface area contributed by atoms with Crippen LogP contribution in [0.4, 0.5) is 0 Å². The van der Waals surface area contributed by atoms with Crippen molar-refractivity contribution in [2.75, 3.05) is 7.05 Å². The number of sulfonamides is 1. The van der Waals surface area contributed by atoms with Crippen LogP contribution in [0.2, 0.25) is 0 Å². The molecule has 19 heavy (non-hydrogen) atoms. The third-order valence-corrected chi connectivity index (χ3v) is 7.25. The number of hydrogen-bond acceptors (Lipinski definition) is 4. The van der Waals surface area contributed by atoms with Crippen LogP contribution >= 0.6 is 11.3 Å². The quantitative estimate of drug-likeness (QED) is 0.929. The summed E-state index contributed by atoms with van der Waals surface area (Å²) >= 11 is 1.32. The Hall–Kier alpha value is -0.430. The van der Waals surface area contributed by atoms with Gasteiger partial charge in [-0.25, -0.2) is 8.42 Å². The minimum Gasteiger partial charge on any atom is -0.316 e. The summed E-state index contributed by atoms with van der Waals surface area (Å²) in [6.45, 7) is 4.72. The number of hydrogen-bond donors (Lipinski definition) is 1. The highest BCUT2D eigenvalue weighted by Gasteiger charge is 2.36. The van der Waals surface area contributed by atoms with Crippen LogP contribution in [0.25, 0.3) is 0 Å². The van der Waals surface area contributed by atoms with Gasteiger partial charge in [-0.1, -0.05) is 6.42 Å². The minimum atomic E-state index is -3.33. The summed E-state index contributed by atoms with van der Waals surface area (Å²) in [6, 6.07) is 2.00. The van der Waals surface area contributed by atoms with Crippen LogP contribution in [-0.2, 0) is 16.6 Å². The Balaban J connectivity index is 2.29. The van der Waals surface area contributed by atoms with Crippen LogP contribution < -0.4 is 5.32 Å². The highest BCUT2D eigenvalue weighted by molar-refractivity contribution is 7.91. The summed E-state index contributed by atoms with van der Waals surface area (Å²) in [4.78, 5) is 0. The average Bonchev–Trinajstić information content (AvgIpc) is 2.78. The van der Waals surface area contributed by atoms with E-state index in [2.05, 4.69) is 5.32 Å². The maximum absolute atomic E-state index is 12.7. The van der Waals surface area contributed by atoms with Crippen molar-refractivity contribution in [3.63, 3.8) is 0 Å². The van der Waals surface area contributed by atoms with Crippen LogP contribution in [-0.4, -0.2) is 31.9 Å². The van der Waals surface area contributed by atoms with E-state index >= 15 is 0 Å². The molecule has 0 amide bonds. The monoisotopic (exact) mass is 302 g/mol. The van der Waals surface area contributed by atoms with E-state index in [4.69, 9.17) is 0 Å². The first-order valence-electron chi connectivity index (χ1n) is 6.72. The predicted molar refractivity (Wildman–Crippen MR) is 78.9 cm³/mol. The third-order valence-electron chi connectivity index (χ3n) is 3.66. The Labute approximate surface area is 119 Å². The van der Waals surface area contributed by atoms with Gasteiger partial charge in [-0.2, -0.15) is 4.31 Å². The summed E-state index contributed by atoms with van der Waals surface area (Å²) in [5.74, 6) is 0. The second kappa shape index (κ2) is 5.91. The lowest BCUT2D eigenvalue weighted by atomic mass is 10.0. The molecule has 0 radical (unpaired) electrons. The van der Waals surface area contributed by atoms with Gasteiger partial charge in [0, 0.05) is 18.6 Å². The minimum absolute atomic E-state index is 0.101. The molecule has 1 aliphatic rings. The fourth-order valence-electron chi connectivity index (χ4n) is 2.76. The fourth-order valence-corrected chi connectivity index (χ4v) is 5.95. The molecule has 2 rings (SSSR count). The lowest BCUT2D eigenvalue weighted by molar-refractivity contribution is 0.204. The molecule has 0 unspecified atom stereocenters. The van der Waals surface area contributed by atoms with E-state index in [0.29, 0.717) is 10.8 Å². The topological polar surface area (TPSA) is 49.4 Å². The van der Waals surface area contributed by atoms with Gasteiger partial charge in [-0.15, -0.1) is 11.3 Å². The first-order valence-corrected chi connectivity index (χ1v) is 9.04. The van der Waals surface area contributed by atoms with E-state index in [1.807, 2.05) is 26.3 Å². The van der Waals surface area contributed by atoms with E-state index < -0.39 is 10.0 Å². The van der Waals surface area contributed by atoms with E-state index in [1.54, 1.807) is 10.4 Å². The molecule has 108 valence electrons. The summed E-state index contributed by atoms with van der Waals surface area (Å²) in [5, 5.41) is 4.96. The Bertz CT molecular complexity index is 515. The van der Waals surface area contributed by atoms with Gasteiger partial charge in [0.15, 0.2) is 0 Å². The van der Waals surface area contributed by atoms with Crippen LogP contribution in [0.3, 0.4) is 0 Å². The number of nitrogens with zero attached hydrogens (tertiary/aromatic N) is 1. The highest BCUT2D eigenvalue weighted by atomic mass is 32.2. The molecule has 1 saturated heterocycles. The fraction of sp³-hybridized carbons (Fsp3) is 0.692. The molecule has 0 spiro atoms. The molecule has 0 aliphatic carbocycles. The Morgan fingerprint density at radius 1 is 1.37 bits per heavy atom. The van der Waals surface area contributed by atoms with E-state index in [1.165, 1.54) is 11.3 Å². The van der Waals surface area contributed by atoms with E-state index in [-0.39, 0.29) is 12.1 Å². The van der Waals surface area contributed by atoms with Crippen molar-refractivity contribution in [2.24, 2.45) is 0 Å². The van der Waals surface area contributed by atoms with Crippen molar-refractivity contribution < 1.29 is 8.42 Å². The molecule has 0 aromatic carbocycles. The van der Waals surface area contributed by atoms with Crippen molar-refractivity contribution in [1.82, 2.24) is 9.62 Å². The molecule has 2 heterocycles. The lowest BCUT2D eigenvalue weighted by Crippen LogP contribution is -2.47. The molecular formula is C13H22N2O2S2. The van der Waals surface area contributed by atoms with Gasteiger partial charge in [0.05, 0.1) is 0 Å². The van der Waals surface area contributed by atoms with Gasteiger partial charge in [-0.05, 0) is 50.7 Å². The third kappa shape index (κ3) is 3.02. The second-order valence-electron chi connectivity index (χ2n) is 5.27. The molecule has 2 atom stereocenters. The predicted octanol–water partition coefficient (Wildman–Crippen LogP) is 2.42. The van der Waals surface area contributed by atoms with Gasteiger partial charge in [0.2, 0.25) is 0 Å². The molecular weight excluding hydrogens is 280 g/mol. The zero-order chi connectivity index (χ0) is 14.0. The van der Waals surface area contributed by atoms with Gasteiger partial charge in [0.25, 0.3) is 10.0 Å². The standard InChI is InChI=1S/C13H22N2O2S2/c1-10-5-4-6-11(2)15(10)19(16,17)13-7-12(8-14-3)9-18-13/h7,9-11,14H,4-6,8H2,1-3H3/t10-,11+. The highest BCUT2D eigenvalue weighted by Crippen LogP contribution is 2.32. The first-order chi connectivity index (χ1) is 8.96. The van der Waals surface area contributed by atoms with E-state index in [0.717, 1.165) is 24.8 Å². The summed E-state index contributed by atoms with van der Waals surface area (Å²) in [5.41, 5.74) is 1.03. The molecule has 4 nitrogen and oxygen atoms in total. The number of rotatable bonds is 4. The average molecular weight is 302 g/mol. The van der Waals surface area contributed by atoms with Gasteiger partial charge < -0.3 is 5.32 Å². The zero-order valence-corrected chi connectivity index (χ0v) is 13.4. The van der Waals surface area contributed by atoms with Crippen LogP contribution in [0.5, 0.6) is 0 Å². The summed E-state index contributed by atoms with van der Waals surface area (Å²) in [7, 11) is -1.47. The second-order valence-corrected chi connectivity index (χ2v) is 8.25. The SMILES string of the molecule is CNCc1csc(S(=O)(=O)N2[C@H](C)CCC[C@@H]2C)c1. The zero-order valence-electron chi connectivity index (χ0n) is 11.7. The van der Waals surface area contributed by atoms with Crippen molar-refractivity contribution in [3.05, 3.63) is 17.0 Å². The molecule has 6 heteroatoms. The normalized spacial score (nSPS) is 25.6. The molecule has 1 aromatic heterocycles. The molecule has 1 aromatic rings. The number of piperidine rings is 1. The summed E-state index contributed by atoms with van der Waals surface area (Å²) < 4.78 is 27.7. The summed E-state index contributed by atoms with van der Waals surface area (Å²) in [6.07, 6.45) is 3.03. The smallest absolute Gasteiger partial charge is 0.253 e. The van der Waals surface area contributed by atoms with Crippen LogP contribution in [0, 0.1) is 0 Å². The molecule has 1 fully saturated rings. The molecule has 0 bridgehead atoms. The number of thiophene rings is 1. The van der Waals surface area contributed by atoms with Crippen molar-refractivity contribution >= 4 is 21.4 Å². The van der Waals surface area contributed by atoms with Crippen molar-refractivity contribution in [3.8, 4) is 0 Å². The first kappa shape index (κ1) is 15.0. The Morgan fingerprint density at radius 3 is 2.58 bits per heavy atom. The van der Waals surface area contributed by atoms with Gasteiger partial charge in [0.1, 0.15) is 4.21 Å². The number of nitrogens with one attached hydrogen (secondary N) is 1. The van der Waals surface area contributed by atoms with Crippen LogP contribution in [0.15, 0.2) is 15.7 Å². The lowest BCUT2D eigenvalue weighted by Gasteiger charge is -2.37. The Kier molecular flexibility index (Phi) is 4.66. The van der Waals surface area contributed by atoms with E-state index in [9.17, 15) is 8.42 Å². The molecule has 1 N–H and O–H groups in total. The largest absolute Gasteiger partial charge is 0.316 e. The van der Waals surface area contributed by atoms with Crippen LogP contribution in [0.1, 0.15) is 38.7 Å². The van der Waals surface area contributed by atoms with Gasteiger partial charge >= 0.3 is 0 Å². The molecule has 0 saturated carbocycles. The van der Waals surface area contributed by atoms with Gasteiger partial charge in [-0.3, -0.25) is 0 Å². The Morgan fingerprint density at radius 2 is 2.00 bits per heavy atom. The molecule has 1 aliphatic heterocycles.